The SMILES string of the molecule is CC(=O)OC(OC(C)=O)[C@@]12C=C[C@@H](O1)[C@@H]1C(=O)N(c3cc([N+](=O)[O-])ccc3C)C(=O)[C@@H]12. The lowest BCUT2D eigenvalue weighted by Gasteiger charge is -2.34. The first-order valence-electron chi connectivity index (χ1n) is 9.41. The van der Waals surface area contributed by atoms with Gasteiger partial charge >= 0.3 is 11.9 Å². The molecule has 4 atom stereocenters. The lowest BCUT2D eigenvalue weighted by Crippen LogP contribution is -2.52. The molecule has 0 radical (unpaired) electrons. The number of nitrogens with zero attached hydrogens (tertiary/aromatic N) is 2. The number of esters is 2. The standard InChI is InChI=1S/C20H18N2O9/c1-9-4-5-12(22(27)28)8-13(9)21-17(25)15-14-6-7-20(31-14,16(15)18(21)26)19(29-10(2)23)30-11(3)24/h4-8,14-16,19H,1-3H3/t14-,15+,16-,20+/m1/s1. The number of fused-ring (bicyclic) bond motifs is 5. The van der Waals surface area contributed by atoms with Gasteiger partial charge in [0.15, 0.2) is 5.60 Å². The molecule has 1 aromatic rings. The smallest absolute Gasteiger partial charge is 0.305 e. The van der Waals surface area contributed by atoms with Crippen molar-refractivity contribution in [1.82, 2.24) is 0 Å². The van der Waals surface area contributed by atoms with E-state index in [1.807, 2.05) is 0 Å². The van der Waals surface area contributed by atoms with Gasteiger partial charge in [-0.25, -0.2) is 4.90 Å². The average molecular weight is 430 g/mol. The van der Waals surface area contributed by atoms with E-state index >= 15 is 0 Å². The predicted octanol–water partition coefficient (Wildman–Crippen LogP) is 1.17. The summed E-state index contributed by atoms with van der Waals surface area (Å²) < 4.78 is 16.2. The molecule has 0 aromatic heterocycles. The van der Waals surface area contributed by atoms with Crippen molar-refractivity contribution in [3.05, 3.63) is 46.0 Å². The number of non-ortho nitro benzene ring substituents is 1. The molecule has 3 aliphatic rings. The van der Waals surface area contributed by atoms with E-state index in [2.05, 4.69) is 0 Å². The second-order valence-corrected chi connectivity index (χ2v) is 7.59. The summed E-state index contributed by atoms with van der Waals surface area (Å²) in [7, 11) is 0. The largest absolute Gasteiger partial charge is 0.422 e. The number of anilines is 1. The highest BCUT2D eigenvalue weighted by atomic mass is 16.7. The van der Waals surface area contributed by atoms with Crippen LogP contribution in [0.3, 0.4) is 0 Å². The third-order valence-electron chi connectivity index (χ3n) is 5.64. The fraction of sp³-hybridized carbons (Fsp3) is 0.400. The van der Waals surface area contributed by atoms with Gasteiger partial charge in [-0.1, -0.05) is 12.1 Å². The number of benzene rings is 1. The molecule has 1 aromatic carbocycles. The van der Waals surface area contributed by atoms with Crippen LogP contribution in [0.15, 0.2) is 30.4 Å². The molecule has 2 fully saturated rings. The van der Waals surface area contributed by atoms with Gasteiger partial charge in [0, 0.05) is 26.0 Å². The van der Waals surface area contributed by atoms with Crippen LogP contribution in [0.2, 0.25) is 0 Å². The van der Waals surface area contributed by atoms with Crippen molar-refractivity contribution in [2.24, 2.45) is 11.8 Å². The first-order valence-corrected chi connectivity index (χ1v) is 9.41. The molecule has 2 bridgehead atoms. The van der Waals surface area contributed by atoms with Crippen LogP contribution >= 0.6 is 0 Å². The van der Waals surface area contributed by atoms with Crippen LogP contribution in [0, 0.1) is 28.9 Å². The molecule has 0 unspecified atom stereocenters. The van der Waals surface area contributed by atoms with E-state index in [1.165, 1.54) is 18.2 Å². The van der Waals surface area contributed by atoms with Gasteiger partial charge in [-0.15, -0.1) is 0 Å². The molecule has 2 amide bonds. The number of aryl methyl sites for hydroxylation is 1. The topological polar surface area (TPSA) is 142 Å². The summed E-state index contributed by atoms with van der Waals surface area (Å²) in [5.74, 6) is -4.92. The molecular formula is C20H18N2O9. The minimum atomic E-state index is -1.68. The second-order valence-electron chi connectivity index (χ2n) is 7.59. The Bertz CT molecular complexity index is 1050. The van der Waals surface area contributed by atoms with Crippen molar-refractivity contribution in [2.75, 3.05) is 4.90 Å². The Morgan fingerprint density at radius 1 is 1.19 bits per heavy atom. The lowest BCUT2D eigenvalue weighted by molar-refractivity contribution is -0.384. The highest BCUT2D eigenvalue weighted by molar-refractivity contribution is 6.23. The van der Waals surface area contributed by atoms with E-state index in [0.29, 0.717) is 5.56 Å². The van der Waals surface area contributed by atoms with E-state index < -0.39 is 58.5 Å². The fourth-order valence-electron chi connectivity index (χ4n) is 4.41. The van der Waals surface area contributed by atoms with Gasteiger partial charge in [0.1, 0.15) is 0 Å². The Morgan fingerprint density at radius 3 is 2.42 bits per heavy atom. The zero-order valence-corrected chi connectivity index (χ0v) is 16.8. The zero-order valence-electron chi connectivity index (χ0n) is 16.8. The third kappa shape index (κ3) is 3.00. The van der Waals surface area contributed by atoms with Gasteiger partial charge in [-0.05, 0) is 18.6 Å². The highest BCUT2D eigenvalue weighted by Gasteiger charge is 2.72. The monoisotopic (exact) mass is 430 g/mol. The Morgan fingerprint density at radius 2 is 1.84 bits per heavy atom. The summed E-state index contributed by atoms with van der Waals surface area (Å²) in [6, 6.07) is 3.88. The number of carbonyl (C=O) groups is 4. The van der Waals surface area contributed by atoms with Crippen molar-refractivity contribution in [3.63, 3.8) is 0 Å². The van der Waals surface area contributed by atoms with Gasteiger partial charge in [0.25, 0.3) is 12.0 Å². The molecule has 31 heavy (non-hydrogen) atoms. The molecule has 3 aliphatic heterocycles. The Hall–Kier alpha value is -3.60. The molecule has 0 saturated carbocycles. The zero-order chi connectivity index (χ0) is 22.7. The number of imide groups is 1. The Labute approximate surface area is 175 Å². The summed E-state index contributed by atoms with van der Waals surface area (Å²) >= 11 is 0. The number of carbonyl (C=O) groups excluding carboxylic acids is 4. The van der Waals surface area contributed by atoms with E-state index in [0.717, 1.165) is 24.8 Å². The van der Waals surface area contributed by atoms with Gasteiger partial charge in [-0.3, -0.25) is 29.3 Å². The number of ether oxygens (including phenoxy) is 3. The maximum Gasteiger partial charge on any atom is 0.305 e. The molecule has 162 valence electrons. The van der Waals surface area contributed by atoms with Crippen molar-refractivity contribution >= 4 is 35.1 Å². The van der Waals surface area contributed by atoms with Crippen molar-refractivity contribution in [3.8, 4) is 0 Å². The molecule has 4 rings (SSSR count). The number of hydrogen-bond acceptors (Lipinski definition) is 9. The average Bonchev–Trinajstić information content (AvgIpc) is 3.32. The number of amides is 2. The predicted molar refractivity (Wildman–Crippen MR) is 101 cm³/mol. The molecule has 11 nitrogen and oxygen atoms in total. The molecule has 11 heteroatoms. The van der Waals surface area contributed by atoms with Crippen LogP contribution in [0.4, 0.5) is 11.4 Å². The summed E-state index contributed by atoms with van der Waals surface area (Å²) in [5.41, 5.74) is -1.38. The van der Waals surface area contributed by atoms with Gasteiger partial charge in [0.05, 0.1) is 28.6 Å². The summed E-state index contributed by atoms with van der Waals surface area (Å²) in [5, 5.41) is 11.2. The minimum Gasteiger partial charge on any atom is -0.422 e. The first-order chi connectivity index (χ1) is 14.6. The third-order valence-corrected chi connectivity index (χ3v) is 5.64. The molecule has 0 aliphatic carbocycles. The normalized spacial score (nSPS) is 28.3. The minimum absolute atomic E-state index is 0.0877. The maximum absolute atomic E-state index is 13.4. The van der Waals surface area contributed by atoms with Crippen LogP contribution in [0.1, 0.15) is 19.4 Å². The Balaban J connectivity index is 1.78. The van der Waals surface area contributed by atoms with Crippen LogP contribution in [-0.2, 0) is 33.4 Å². The van der Waals surface area contributed by atoms with Crippen molar-refractivity contribution in [1.29, 1.82) is 0 Å². The van der Waals surface area contributed by atoms with Gasteiger partial charge < -0.3 is 14.2 Å². The van der Waals surface area contributed by atoms with Gasteiger partial charge in [0.2, 0.25) is 11.8 Å². The number of hydrogen-bond donors (Lipinski definition) is 0. The van der Waals surface area contributed by atoms with Crippen LogP contribution < -0.4 is 4.90 Å². The first kappa shape index (κ1) is 20.7. The molecule has 3 heterocycles. The van der Waals surface area contributed by atoms with Crippen LogP contribution in [0.5, 0.6) is 0 Å². The lowest BCUT2D eigenvalue weighted by atomic mass is 9.76. The van der Waals surface area contributed by atoms with Gasteiger partial charge in [-0.2, -0.15) is 0 Å². The highest BCUT2D eigenvalue weighted by Crippen LogP contribution is 2.55. The summed E-state index contributed by atoms with van der Waals surface area (Å²) in [4.78, 5) is 61.4. The van der Waals surface area contributed by atoms with E-state index in [9.17, 15) is 29.3 Å². The van der Waals surface area contributed by atoms with E-state index in [4.69, 9.17) is 14.2 Å². The number of rotatable bonds is 5. The molecule has 2 saturated heterocycles. The second kappa shape index (κ2) is 6.98. The quantitative estimate of drug-likeness (QED) is 0.168. The summed E-state index contributed by atoms with van der Waals surface area (Å²) in [6.45, 7) is 3.83. The maximum atomic E-state index is 13.4. The number of nitro benzene ring substituents is 1. The van der Waals surface area contributed by atoms with Crippen LogP contribution in [-0.4, -0.2) is 46.7 Å². The molecular weight excluding hydrogens is 412 g/mol. The van der Waals surface area contributed by atoms with E-state index in [1.54, 1.807) is 13.0 Å². The van der Waals surface area contributed by atoms with Crippen molar-refractivity contribution < 1.29 is 38.3 Å². The molecule has 0 N–H and O–H groups in total. The Kier molecular flexibility index (Phi) is 4.65. The van der Waals surface area contributed by atoms with Crippen molar-refractivity contribution in [2.45, 2.75) is 38.8 Å². The fourth-order valence-corrected chi connectivity index (χ4v) is 4.41. The summed E-state index contributed by atoms with van der Waals surface area (Å²) in [6.07, 6.45) is 0.626. The number of nitro groups is 1. The van der Waals surface area contributed by atoms with E-state index in [-0.39, 0.29) is 11.4 Å². The van der Waals surface area contributed by atoms with Crippen LogP contribution in [0.25, 0.3) is 0 Å². The molecule has 0 spiro atoms.